The standard InChI is InChI=1S/C17H23NO5/c1-2-23-17(22)12-4-3-7-18(9-12)15(19)13-10-5-6-11(8-10)14(13)16(20)21/h5-6,10-14H,2-4,7-9H2,1H3,(H,20,21)/t10-,11+,12+,13+,14-/m0/s1. The van der Waals surface area contributed by atoms with Gasteiger partial charge in [-0.15, -0.1) is 0 Å². The molecule has 0 radical (unpaired) electrons. The van der Waals surface area contributed by atoms with E-state index in [1.807, 2.05) is 12.2 Å². The summed E-state index contributed by atoms with van der Waals surface area (Å²) in [6.07, 6.45) is 6.15. The predicted molar refractivity (Wildman–Crippen MR) is 81.3 cm³/mol. The van der Waals surface area contributed by atoms with Crippen molar-refractivity contribution in [1.82, 2.24) is 4.90 Å². The molecule has 1 saturated heterocycles. The number of hydrogen-bond donors (Lipinski definition) is 1. The van der Waals surface area contributed by atoms with Gasteiger partial charge in [0.1, 0.15) is 0 Å². The Morgan fingerprint density at radius 3 is 2.57 bits per heavy atom. The van der Waals surface area contributed by atoms with E-state index in [0.29, 0.717) is 19.7 Å². The van der Waals surface area contributed by atoms with Gasteiger partial charge in [-0.3, -0.25) is 14.4 Å². The monoisotopic (exact) mass is 321 g/mol. The number of amides is 1. The maximum atomic E-state index is 12.9. The van der Waals surface area contributed by atoms with Crippen LogP contribution in [0.4, 0.5) is 0 Å². The molecule has 0 aromatic rings. The third kappa shape index (κ3) is 2.86. The number of fused-ring (bicyclic) bond motifs is 2. The fraction of sp³-hybridized carbons (Fsp3) is 0.706. The average molecular weight is 321 g/mol. The van der Waals surface area contributed by atoms with E-state index in [1.54, 1.807) is 11.8 Å². The lowest BCUT2D eigenvalue weighted by Crippen LogP contribution is -2.48. The summed E-state index contributed by atoms with van der Waals surface area (Å²) in [5.74, 6) is -2.65. The third-order valence-corrected chi connectivity index (χ3v) is 5.38. The molecule has 1 N–H and O–H groups in total. The number of rotatable bonds is 4. The van der Waals surface area contributed by atoms with E-state index in [-0.39, 0.29) is 29.6 Å². The molecule has 1 heterocycles. The molecule has 1 saturated carbocycles. The first-order valence-corrected chi connectivity index (χ1v) is 8.39. The van der Waals surface area contributed by atoms with E-state index < -0.39 is 17.8 Å². The van der Waals surface area contributed by atoms with Crippen LogP contribution in [0.15, 0.2) is 12.2 Å². The normalized spacial score (nSPS) is 35.3. The van der Waals surface area contributed by atoms with Gasteiger partial charge in [0.2, 0.25) is 5.91 Å². The Morgan fingerprint density at radius 1 is 1.22 bits per heavy atom. The number of hydrogen-bond acceptors (Lipinski definition) is 4. The van der Waals surface area contributed by atoms with Gasteiger partial charge in [0.15, 0.2) is 0 Å². The van der Waals surface area contributed by atoms with E-state index in [1.165, 1.54) is 0 Å². The summed E-state index contributed by atoms with van der Waals surface area (Å²) in [7, 11) is 0. The highest BCUT2D eigenvalue weighted by Gasteiger charge is 2.53. The molecular weight excluding hydrogens is 298 g/mol. The fourth-order valence-corrected chi connectivity index (χ4v) is 4.34. The van der Waals surface area contributed by atoms with Gasteiger partial charge in [-0.05, 0) is 38.0 Å². The zero-order valence-corrected chi connectivity index (χ0v) is 13.3. The van der Waals surface area contributed by atoms with Gasteiger partial charge in [-0.25, -0.2) is 0 Å². The number of carbonyl (C=O) groups excluding carboxylic acids is 2. The van der Waals surface area contributed by atoms with Crippen LogP contribution in [0.25, 0.3) is 0 Å². The summed E-state index contributed by atoms with van der Waals surface area (Å²) in [6, 6.07) is 0. The lowest BCUT2D eigenvalue weighted by atomic mass is 9.81. The van der Waals surface area contributed by atoms with E-state index in [2.05, 4.69) is 0 Å². The Labute approximate surface area is 135 Å². The molecule has 126 valence electrons. The Hall–Kier alpha value is -1.85. The van der Waals surface area contributed by atoms with E-state index in [4.69, 9.17) is 4.74 Å². The van der Waals surface area contributed by atoms with Crippen LogP contribution in [0.1, 0.15) is 26.2 Å². The predicted octanol–water partition coefficient (Wildman–Crippen LogP) is 1.31. The van der Waals surface area contributed by atoms with Gasteiger partial charge in [0.05, 0.1) is 24.4 Å². The minimum Gasteiger partial charge on any atom is -0.481 e. The molecule has 2 bridgehead atoms. The molecule has 3 rings (SSSR count). The third-order valence-electron chi connectivity index (χ3n) is 5.38. The zero-order valence-electron chi connectivity index (χ0n) is 13.3. The van der Waals surface area contributed by atoms with Crippen LogP contribution in [0.2, 0.25) is 0 Å². The Kier molecular flexibility index (Phi) is 4.41. The molecule has 6 nitrogen and oxygen atoms in total. The maximum Gasteiger partial charge on any atom is 0.310 e. The molecule has 0 unspecified atom stereocenters. The van der Waals surface area contributed by atoms with Crippen LogP contribution in [0.3, 0.4) is 0 Å². The van der Waals surface area contributed by atoms with Gasteiger partial charge in [0.25, 0.3) is 0 Å². The highest BCUT2D eigenvalue weighted by Crippen LogP contribution is 2.49. The number of ether oxygens (including phenoxy) is 1. The minimum atomic E-state index is -0.890. The SMILES string of the molecule is CCOC(=O)[C@@H]1CCCN(C(=O)[C@H]2[C@@H](C(=O)O)[C@@H]3C=C[C@H]2C3)C1. The number of likely N-dealkylation sites (tertiary alicyclic amines) is 1. The van der Waals surface area contributed by atoms with Crippen LogP contribution in [-0.2, 0) is 19.1 Å². The molecule has 2 aliphatic carbocycles. The minimum absolute atomic E-state index is 0.0246. The van der Waals surface area contributed by atoms with Gasteiger partial charge >= 0.3 is 11.9 Å². The summed E-state index contributed by atoms with van der Waals surface area (Å²) in [5, 5.41) is 9.48. The molecule has 6 heteroatoms. The lowest BCUT2D eigenvalue weighted by Gasteiger charge is -2.35. The Balaban J connectivity index is 1.71. The molecule has 23 heavy (non-hydrogen) atoms. The van der Waals surface area contributed by atoms with Crippen LogP contribution in [0, 0.1) is 29.6 Å². The number of carboxylic acid groups (broad SMARTS) is 1. The molecule has 5 atom stereocenters. The van der Waals surface area contributed by atoms with Crippen molar-refractivity contribution in [2.75, 3.05) is 19.7 Å². The highest BCUT2D eigenvalue weighted by atomic mass is 16.5. The van der Waals surface area contributed by atoms with E-state index in [9.17, 15) is 19.5 Å². The number of aliphatic carboxylic acids is 1. The van der Waals surface area contributed by atoms with Crippen molar-refractivity contribution in [1.29, 1.82) is 0 Å². The van der Waals surface area contributed by atoms with Crippen molar-refractivity contribution >= 4 is 17.8 Å². The highest BCUT2D eigenvalue weighted by molar-refractivity contribution is 5.87. The second kappa shape index (κ2) is 6.34. The fourth-order valence-electron chi connectivity index (χ4n) is 4.34. The number of esters is 1. The van der Waals surface area contributed by atoms with E-state index in [0.717, 1.165) is 19.3 Å². The topological polar surface area (TPSA) is 83.9 Å². The molecule has 0 spiro atoms. The molecule has 0 aromatic carbocycles. The molecule has 2 fully saturated rings. The zero-order chi connectivity index (χ0) is 16.6. The van der Waals surface area contributed by atoms with Crippen LogP contribution >= 0.6 is 0 Å². The summed E-state index contributed by atoms with van der Waals surface area (Å²) < 4.78 is 5.06. The Morgan fingerprint density at radius 2 is 1.91 bits per heavy atom. The van der Waals surface area contributed by atoms with E-state index >= 15 is 0 Å². The van der Waals surface area contributed by atoms with Gasteiger partial charge in [-0.1, -0.05) is 12.2 Å². The quantitative estimate of drug-likeness (QED) is 0.623. The molecule has 0 aromatic heterocycles. The summed E-state index contributed by atoms with van der Waals surface area (Å²) in [5.41, 5.74) is 0. The Bertz CT molecular complexity index is 543. The second-order valence-electron chi connectivity index (χ2n) is 6.71. The van der Waals surface area contributed by atoms with Crippen molar-refractivity contribution in [2.24, 2.45) is 29.6 Å². The summed E-state index contributed by atoms with van der Waals surface area (Å²) >= 11 is 0. The van der Waals surface area contributed by atoms with Gasteiger partial charge in [0, 0.05) is 13.1 Å². The first kappa shape index (κ1) is 16.0. The number of carbonyl (C=O) groups is 3. The molecule has 1 amide bonds. The summed E-state index contributed by atoms with van der Waals surface area (Å²) in [4.78, 5) is 38.1. The van der Waals surface area contributed by atoms with Crippen molar-refractivity contribution in [3.63, 3.8) is 0 Å². The maximum absolute atomic E-state index is 12.9. The molecule has 1 aliphatic heterocycles. The van der Waals surface area contributed by atoms with Gasteiger partial charge in [-0.2, -0.15) is 0 Å². The first-order chi connectivity index (χ1) is 11.0. The van der Waals surface area contributed by atoms with Crippen LogP contribution < -0.4 is 0 Å². The first-order valence-electron chi connectivity index (χ1n) is 8.39. The van der Waals surface area contributed by atoms with Crippen LogP contribution in [-0.4, -0.2) is 47.5 Å². The molecular formula is C17H23NO5. The number of carboxylic acids is 1. The smallest absolute Gasteiger partial charge is 0.310 e. The van der Waals surface area contributed by atoms with Crippen LogP contribution in [0.5, 0.6) is 0 Å². The number of allylic oxidation sites excluding steroid dienone is 2. The van der Waals surface area contributed by atoms with Gasteiger partial charge < -0.3 is 14.7 Å². The number of nitrogens with zero attached hydrogens (tertiary/aromatic N) is 1. The summed E-state index contributed by atoms with van der Waals surface area (Å²) in [6.45, 7) is 3.05. The van der Waals surface area contributed by atoms with Crippen molar-refractivity contribution in [3.05, 3.63) is 12.2 Å². The van der Waals surface area contributed by atoms with Crippen molar-refractivity contribution in [3.8, 4) is 0 Å². The average Bonchev–Trinajstić information content (AvgIpc) is 3.15. The number of piperidine rings is 1. The largest absolute Gasteiger partial charge is 0.481 e. The van der Waals surface area contributed by atoms with Crippen molar-refractivity contribution < 1.29 is 24.2 Å². The lowest BCUT2D eigenvalue weighted by molar-refractivity contribution is -0.155. The molecule has 3 aliphatic rings. The second-order valence-corrected chi connectivity index (χ2v) is 6.71. The van der Waals surface area contributed by atoms with Crippen molar-refractivity contribution in [2.45, 2.75) is 26.2 Å².